The number of benzene rings is 1. The molecule has 3 rings (SSSR count). The largest absolute Gasteiger partial charge is 0.282 e. The predicted molar refractivity (Wildman–Crippen MR) is 103 cm³/mol. The second kappa shape index (κ2) is 5.94. The molecule has 25 heavy (non-hydrogen) atoms. The maximum atomic E-state index is 12.6. The Morgan fingerprint density at radius 2 is 1.72 bits per heavy atom. The monoisotopic (exact) mass is 357 g/mol. The Bertz CT molecular complexity index is 882. The summed E-state index contributed by atoms with van der Waals surface area (Å²) in [5.41, 5.74) is 4.83. The first kappa shape index (κ1) is 18.1. The molecule has 1 aromatic carbocycles. The quantitative estimate of drug-likeness (QED) is 0.696. The fourth-order valence-corrected chi connectivity index (χ4v) is 4.62. The summed E-state index contributed by atoms with van der Waals surface area (Å²) >= 11 is 0. The van der Waals surface area contributed by atoms with Crippen LogP contribution in [-0.2, 0) is 10.0 Å². The Hall–Kier alpha value is -1.68. The molecule has 0 aromatic heterocycles. The molecular weight excluding hydrogens is 330 g/mol. The summed E-state index contributed by atoms with van der Waals surface area (Å²) in [4.78, 5) is 0.243. The minimum Gasteiger partial charge on any atom is -0.199 e. The fraction of sp³-hybridized carbons (Fsp3) is 0.476. The molecule has 1 aromatic rings. The van der Waals surface area contributed by atoms with Gasteiger partial charge in [0.05, 0.1) is 4.90 Å². The number of sulfonamides is 1. The number of rotatable bonds is 3. The van der Waals surface area contributed by atoms with Crippen molar-refractivity contribution < 1.29 is 8.42 Å². The summed E-state index contributed by atoms with van der Waals surface area (Å²) in [6, 6.07) is 6.83. The van der Waals surface area contributed by atoms with Crippen LogP contribution in [0.5, 0.6) is 0 Å². The van der Waals surface area contributed by atoms with Gasteiger partial charge >= 0.3 is 0 Å². The van der Waals surface area contributed by atoms with E-state index in [0.717, 1.165) is 24.0 Å². The van der Waals surface area contributed by atoms with Crippen molar-refractivity contribution in [3.63, 3.8) is 0 Å². The summed E-state index contributed by atoms with van der Waals surface area (Å²) in [5.74, 6) is 0. The molecule has 0 aliphatic heterocycles. The highest BCUT2D eigenvalue weighted by atomic mass is 32.2. The third-order valence-electron chi connectivity index (χ3n) is 5.31. The Morgan fingerprint density at radius 1 is 1.08 bits per heavy atom. The van der Waals surface area contributed by atoms with Crippen LogP contribution in [0.3, 0.4) is 0 Å². The van der Waals surface area contributed by atoms with Crippen molar-refractivity contribution in [1.82, 2.24) is 0 Å². The van der Waals surface area contributed by atoms with Crippen LogP contribution in [-0.4, -0.2) is 14.6 Å². The lowest BCUT2D eigenvalue weighted by Gasteiger charge is -2.32. The molecule has 134 valence electrons. The van der Waals surface area contributed by atoms with Crippen molar-refractivity contribution in [3.8, 4) is 0 Å². The molecule has 0 radical (unpaired) electrons. The number of fused-ring (bicyclic) bond motifs is 1. The van der Waals surface area contributed by atoms with Crippen LogP contribution in [0.25, 0.3) is 0 Å². The summed E-state index contributed by atoms with van der Waals surface area (Å²) in [5, 5.41) is 0. The minimum absolute atomic E-state index is 0.169. The summed E-state index contributed by atoms with van der Waals surface area (Å²) in [6.07, 6.45) is 7.10. The van der Waals surface area contributed by atoms with Gasteiger partial charge in [-0.3, -0.25) is 0 Å². The molecule has 0 unspecified atom stereocenters. The van der Waals surface area contributed by atoms with Crippen molar-refractivity contribution in [2.45, 2.75) is 58.8 Å². The number of hydrogen-bond donors (Lipinski definition) is 0. The van der Waals surface area contributed by atoms with Gasteiger partial charge in [-0.2, -0.15) is 12.8 Å². The molecule has 0 heterocycles. The first-order valence-electron chi connectivity index (χ1n) is 8.83. The van der Waals surface area contributed by atoms with E-state index >= 15 is 0 Å². The van der Waals surface area contributed by atoms with Gasteiger partial charge in [0.1, 0.15) is 0 Å². The van der Waals surface area contributed by atoms with Crippen molar-refractivity contribution in [2.75, 3.05) is 0 Å². The molecule has 0 spiro atoms. The van der Waals surface area contributed by atoms with Crippen LogP contribution in [0.15, 0.2) is 56.4 Å². The first-order chi connectivity index (χ1) is 11.5. The maximum Gasteiger partial charge on any atom is 0.282 e. The van der Waals surface area contributed by atoms with Gasteiger partial charge in [0.25, 0.3) is 10.0 Å². The molecule has 0 N–H and O–H groups in total. The molecule has 2 aliphatic rings. The normalized spacial score (nSPS) is 22.2. The molecule has 0 atom stereocenters. The number of nitrogens with zero attached hydrogens (tertiary/aromatic N) is 1. The fourth-order valence-electron chi connectivity index (χ4n) is 3.77. The topological polar surface area (TPSA) is 46.5 Å². The smallest absolute Gasteiger partial charge is 0.199 e. The molecule has 4 heteroatoms. The minimum atomic E-state index is -3.67. The van der Waals surface area contributed by atoms with Crippen LogP contribution in [0.1, 0.15) is 52.5 Å². The Morgan fingerprint density at radius 3 is 2.36 bits per heavy atom. The van der Waals surface area contributed by atoms with Gasteiger partial charge < -0.3 is 0 Å². The highest BCUT2D eigenvalue weighted by Crippen LogP contribution is 2.50. The Kier molecular flexibility index (Phi) is 4.31. The van der Waals surface area contributed by atoms with Crippen LogP contribution >= 0.6 is 0 Å². The lowest BCUT2D eigenvalue weighted by molar-refractivity contribution is 0.314. The number of hydrogen-bond acceptors (Lipinski definition) is 2. The summed E-state index contributed by atoms with van der Waals surface area (Å²) in [7, 11) is -3.67. The highest BCUT2D eigenvalue weighted by Gasteiger charge is 2.37. The molecule has 3 nitrogen and oxygen atoms in total. The van der Waals surface area contributed by atoms with E-state index in [4.69, 9.17) is 0 Å². The summed E-state index contributed by atoms with van der Waals surface area (Å²) < 4.78 is 29.2. The summed E-state index contributed by atoms with van der Waals surface area (Å²) in [6.45, 7) is 10.8. The number of aryl methyl sites for hydroxylation is 1. The SMILES string of the molecule is Cc1ccc(S(=O)(=O)/N=C/C2=C3CC(C)(C)CCC3=CC2(C)C)cc1. The van der Waals surface area contributed by atoms with E-state index in [1.807, 2.05) is 6.92 Å². The first-order valence-corrected chi connectivity index (χ1v) is 10.3. The molecule has 0 saturated heterocycles. The maximum absolute atomic E-state index is 12.6. The van der Waals surface area contributed by atoms with Gasteiger partial charge in [-0.25, -0.2) is 0 Å². The van der Waals surface area contributed by atoms with E-state index in [9.17, 15) is 8.42 Å². The van der Waals surface area contributed by atoms with E-state index < -0.39 is 10.0 Å². The molecule has 0 amide bonds. The van der Waals surface area contributed by atoms with Gasteiger partial charge in [0.2, 0.25) is 0 Å². The van der Waals surface area contributed by atoms with E-state index in [2.05, 4.69) is 38.2 Å². The average molecular weight is 358 g/mol. The molecule has 1 saturated carbocycles. The zero-order valence-electron chi connectivity index (χ0n) is 15.8. The van der Waals surface area contributed by atoms with Crippen LogP contribution in [0.4, 0.5) is 0 Å². The van der Waals surface area contributed by atoms with Gasteiger partial charge in [0.15, 0.2) is 0 Å². The molecule has 1 fully saturated rings. The second-order valence-electron chi connectivity index (χ2n) is 8.65. The predicted octanol–water partition coefficient (Wildman–Crippen LogP) is 5.23. The third-order valence-corrected chi connectivity index (χ3v) is 6.56. The highest BCUT2D eigenvalue weighted by molar-refractivity contribution is 7.90. The van der Waals surface area contributed by atoms with Gasteiger partial charge in [-0.05, 0) is 60.5 Å². The van der Waals surface area contributed by atoms with E-state index in [0.29, 0.717) is 0 Å². The molecule has 2 aliphatic carbocycles. The Labute approximate surface area is 151 Å². The third kappa shape index (κ3) is 3.64. The van der Waals surface area contributed by atoms with E-state index in [1.165, 1.54) is 17.6 Å². The molecular formula is C21H27NO2S. The standard InChI is InChI=1S/C21H27NO2S/c1-15-6-8-17(9-7-15)25(23,24)22-14-19-18-13-20(2,3)11-10-16(18)12-21(19,4)5/h6-9,12,14H,10-11,13H2,1-5H3/b22-14+. The van der Waals surface area contributed by atoms with Crippen molar-refractivity contribution >= 4 is 16.2 Å². The van der Waals surface area contributed by atoms with Crippen molar-refractivity contribution in [1.29, 1.82) is 0 Å². The van der Waals surface area contributed by atoms with Gasteiger partial charge in [-0.1, -0.05) is 51.5 Å². The Balaban J connectivity index is 1.97. The van der Waals surface area contributed by atoms with Gasteiger partial charge in [-0.15, -0.1) is 0 Å². The average Bonchev–Trinajstić information content (AvgIpc) is 2.74. The van der Waals surface area contributed by atoms with Gasteiger partial charge in [0, 0.05) is 11.6 Å². The van der Waals surface area contributed by atoms with E-state index in [1.54, 1.807) is 30.5 Å². The lowest BCUT2D eigenvalue weighted by Crippen LogP contribution is -2.19. The zero-order valence-corrected chi connectivity index (χ0v) is 16.6. The second-order valence-corrected chi connectivity index (χ2v) is 10.3. The van der Waals surface area contributed by atoms with Crippen LogP contribution in [0, 0.1) is 17.8 Å². The van der Waals surface area contributed by atoms with E-state index in [-0.39, 0.29) is 15.7 Å². The van der Waals surface area contributed by atoms with Crippen LogP contribution in [0.2, 0.25) is 0 Å². The lowest BCUT2D eigenvalue weighted by atomic mass is 9.73. The number of allylic oxidation sites excluding steroid dienone is 4. The molecule has 0 bridgehead atoms. The van der Waals surface area contributed by atoms with Crippen molar-refractivity contribution in [2.24, 2.45) is 15.2 Å². The van der Waals surface area contributed by atoms with Crippen LogP contribution < -0.4 is 0 Å². The zero-order chi connectivity index (χ0) is 18.5. The van der Waals surface area contributed by atoms with Crippen molar-refractivity contribution in [3.05, 3.63) is 52.6 Å².